The highest BCUT2D eigenvalue weighted by molar-refractivity contribution is 5.45. The third kappa shape index (κ3) is 1.91. The van der Waals surface area contributed by atoms with Crippen molar-refractivity contribution in [1.82, 2.24) is 5.16 Å². The van der Waals surface area contributed by atoms with Gasteiger partial charge in [-0.2, -0.15) is 0 Å². The highest BCUT2D eigenvalue weighted by Gasteiger charge is 2.04. The molecule has 0 aliphatic heterocycles. The summed E-state index contributed by atoms with van der Waals surface area (Å²) < 4.78 is 4.73. The van der Waals surface area contributed by atoms with Gasteiger partial charge in [0.25, 0.3) is 0 Å². The zero-order chi connectivity index (χ0) is 9.14. The van der Waals surface area contributed by atoms with Gasteiger partial charge in [0.2, 0.25) is 5.70 Å². The van der Waals surface area contributed by atoms with Crippen LogP contribution < -0.4 is 0 Å². The molecule has 1 rings (SSSR count). The van der Waals surface area contributed by atoms with Gasteiger partial charge in [0.1, 0.15) is 11.5 Å². The number of allylic oxidation sites excluding steroid dienone is 1. The van der Waals surface area contributed by atoms with Crippen LogP contribution in [-0.4, -0.2) is 10.1 Å². The zero-order valence-corrected chi connectivity index (χ0v) is 6.77. The van der Waals surface area contributed by atoms with Gasteiger partial charge in [-0.3, -0.25) is 10.1 Å². The van der Waals surface area contributed by atoms with Crippen LogP contribution in [0.2, 0.25) is 0 Å². The fourth-order valence-electron chi connectivity index (χ4n) is 0.720. The predicted molar refractivity (Wildman–Crippen MR) is 41.9 cm³/mol. The molecule has 5 heteroatoms. The van der Waals surface area contributed by atoms with Gasteiger partial charge in [0, 0.05) is 19.1 Å². The summed E-state index contributed by atoms with van der Waals surface area (Å²) in [6, 6.07) is 1.63. The molecule has 0 aliphatic carbocycles. The van der Waals surface area contributed by atoms with Crippen LogP contribution in [0, 0.1) is 17.0 Å². The van der Waals surface area contributed by atoms with Crippen molar-refractivity contribution in [3.63, 3.8) is 0 Å². The Morgan fingerprint density at radius 2 is 2.50 bits per heavy atom. The number of aromatic nitrogens is 1. The average molecular weight is 168 g/mol. The number of nitrogens with zero attached hydrogens (tertiary/aromatic N) is 2. The second-order valence-corrected chi connectivity index (χ2v) is 2.41. The maximum Gasteiger partial charge on any atom is 0.245 e. The van der Waals surface area contributed by atoms with Crippen molar-refractivity contribution in [3.8, 4) is 0 Å². The first-order valence-corrected chi connectivity index (χ1v) is 3.35. The first-order chi connectivity index (χ1) is 5.59. The summed E-state index contributed by atoms with van der Waals surface area (Å²) >= 11 is 0. The fourth-order valence-corrected chi connectivity index (χ4v) is 0.720. The van der Waals surface area contributed by atoms with E-state index in [4.69, 9.17) is 4.52 Å². The van der Waals surface area contributed by atoms with Gasteiger partial charge < -0.3 is 4.52 Å². The molecule has 12 heavy (non-hydrogen) atoms. The standard InChI is InChI=1S/C7H8N2O3/c1-5(9(10)11)3-7-4-6(2)12-8-7/h3-4H,1-2H3/b5-3-. The summed E-state index contributed by atoms with van der Waals surface area (Å²) in [4.78, 5) is 9.72. The van der Waals surface area contributed by atoms with E-state index < -0.39 is 4.92 Å². The van der Waals surface area contributed by atoms with Gasteiger partial charge in [0.15, 0.2) is 0 Å². The van der Waals surface area contributed by atoms with Gasteiger partial charge in [0.05, 0.1) is 4.92 Å². The third-order valence-electron chi connectivity index (χ3n) is 1.29. The van der Waals surface area contributed by atoms with Gasteiger partial charge >= 0.3 is 0 Å². The molecule has 1 aromatic heterocycles. The fraction of sp³-hybridized carbons (Fsp3) is 0.286. The van der Waals surface area contributed by atoms with Gasteiger partial charge in [-0.15, -0.1) is 0 Å². The lowest BCUT2D eigenvalue weighted by Gasteiger charge is -1.85. The van der Waals surface area contributed by atoms with E-state index in [1.807, 2.05) is 0 Å². The van der Waals surface area contributed by atoms with E-state index in [2.05, 4.69) is 5.16 Å². The van der Waals surface area contributed by atoms with Crippen molar-refractivity contribution in [1.29, 1.82) is 0 Å². The molecule has 0 fully saturated rings. The smallest absolute Gasteiger partial charge is 0.245 e. The molecule has 0 aliphatic rings. The highest BCUT2D eigenvalue weighted by atomic mass is 16.6. The second-order valence-electron chi connectivity index (χ2n) is 2.41. The monoisotopic (exact) mass is 168 g/mol. The number of aryl methyl sites for hydroxylation is 1. The van der Waals surface area contributed by atoms with E-state index in [1.165, 1.54) is 13.0 Å². The maximum absolute atomic E-state index is 10.2. The van der Waals surface area contributed by atoms with E-state index in [9.17, 15) is 10.1 Å². The van der Waals surface area contributed by atoms with Crippen molar-refractivity contribution in [3.05, 3.63) is 33.3 Å². The first-order valence-electron chi connectivity index (χ1n) is 3.35. The topological polar surface area (TPSA) is 69.2 Å². The number of hydrogen-bond acceptors (Lipinski definition) is 4. The molecule has 0 amide bonds. The molecule has 0 saturated heterocycles. The summed E-state index contributed by atoms with van der Waals surface area (Å²) in [6.45, 7) is 3.13. The van der Waals surface area contributed by atoms with Gasteiger partial charge in [-0.1, -0.05) is 5.16 Å². The Morgan fingerprint density at radius 3 is 2.92 bits per heavy atom. The van der Waals surface area contributed by atoms with Crippen LogP contribution in [0.25, 0.3) is 6.08 Å². The molecule has 0 radical (unpaired) electrons. The van der Waals surface area contributed by atoms with Crippen molar-refractivity contribution in [2.45, 2.75) is 13.8 Å². The summed E-state index contributed by atoms with van der Waals surface area (Å²) in [5, 5.41) is 13.8. The summed E-state index contributed by atoms with van der Waals surface area (Å²) in [5.74, 6) is 0.636. The van der Waals surface area contributed by atoms with E-state index in [0.717, 1.165) is 0 Å². The van der Waals surface area contributed by atoms with Crippen LogP contribution in [0.15, 0.2) is 16.3 Å². The Labute approximate surface area is 68.8 Å². The summed E-state index contributed by atoms with van der Waals surface area (Å²) in [7, 11) is 0. The lowest BCUT2D eigenvalue weighted by Crippen LogP contribution is -1.92. The first kappa shape index (κ1) is 8.45. The molecule has 0 N–H and O–H groups in total. The van der Waals surface area contributed by atoms with Gasteiger partial charge in [-0.05, 0) is 6.92 Å². The van der Waals surface area contributed by atoms with Crippen molar-refractivity contribution in [2.75, 3.05) is 0 Å². The average Bonchev–Trinajstić information content (AvgIpc) is 2.35. The maximum atomic E-state index is 10.2. The highest BCUT2D eigenvalue weighted by Crippen LogP contribution is 2.06. The Balaban J connectivity index is 2.87. The van der Waals surface area contributed by atoms with Crippen molar-refractivity contribution >= 4 is 6.08 Å². The van der Waals surface area contributed by atoms with Crippen LogP contribution in [0.4, 0.5) is 0 Å². The normalized spacial score (nSPS) is 11.7. The predicted octanol–water partition coefficient (Wildman–Crippen LogP) is 1.62. The van der Waals surface area contributed by atoms with E-state index >= 15 is 0 Å². The minimum absolute atomic E-state index is 0.0447. The molecule has 0 bridgehead atoms. The molecular weight excluding hydrogens is 160 g/mol. The molecule has 64 valence electrons. The van der Waals surface area contributed by atoms with Crippen LogP contribution in [0.3, 0.4) is 0 Å². The molecule has 0 unspecified atom stereocenters. The summed E-state index contributed by atoms with van der Waals surface area (Å²) in [6.07, 6.45) is 1.36. The van der Waals surface area contributed by atoms with Crippen LogP contribution in [-0.2, 0) is 0 Å². The van der Waals surface area contributed by atoms with Crippen molar-refractivity contribution < 1.29 is 9.45 Å². The number of nitro groups is 1. The second kappa shape index (κ2) is 3.17. The molecule has 1 aromatic rings. The minimum Gasteiger partial charge on any atom is -0.361 e. The zero-order valence-electron chi connectivity index (χ0n) is 6.77. The van der Waals surface area contributed by atoms with Crippen LogP contribution in [0.1, 0.15) is 18.4 Å². The molecule has 0 atom stereocenters. The van der Waals surface area contributed by atoms with E-state index in [1.54, 1.807) is 13.0 Å². The lowest BCUT2D eigenvalue weighted by molar-refractivity contribution is -0.422. The molecule has 0 saturated carbocycles. The minimum atomic E-state index is -0.468. The number of hydrogen-bond donors (Lipinski definition) is 0. The Bertz CT molecular complexity index is 327. The van der Waals surface area contributed by atoms with Crippen LogP contribution >= 0.6 is 0 Å². The molecule has 0 spiro atoms. The Morgan fingerprint density at radius 1 is 1.83 bits per heavy atom. The quantitative estimate of drug-likeness (QED) is 0.497. The molecule has 0 aromatic carbocycles. The Hall–Kier alpha value is -1.65. The van der Waals surface area contributed by atoms with Crippen LogP contribution in [0.5, 0.6) is 0 Å². The molecule has 5 nitrogen and oxygen atoms in total. The van der Waals surface area contributed by atoms with Crippen molar-refractivity contribution in [2.24, 2.45) is 0 Å². The molecular formula is C7H8N2O3. The third-order valence-corrected chi connectivity index (χ3v) is 1.29. The van der Waals surface area contributed by atoms with Gasteiger partial charge in [-0.25, -0.2) is 0 Å². The summed E-state index contributed by atoms with van der Waals surface area (Å²) in [5.41, 5.74) is 0.519. The lowest BCUT2D eigenvalue weighted by atomic mass is 10.3. The molecule has 1 heterocycles. The number of rotatable bonds is 2. The largest absolute Gasteiger partial charge is 0.361 e. The van der Waals surface area contributed by atoms with E-state index in [-0.39, 0.29) is 5.70 Å². The Kier molecular flexibility index (Phi) is 2.23. The SMILES string of the molecule is C/C(=C/c1cc(C)on1)[N+](=O)[O-]. The van der Waals surface area contributed by atoms with E-state index in [0.29, 0.717) is 11.5 Å².